The lowest BCUT2D eigenvalue weighted by atomic mass is 10.1. The number of aliphatic carboxylic acids is 1. The Kier molecular flexibility index (Phi) is 11.8. The highest BCUT2D eigenvalue weighted by atomic mass is 127. The van der Waals surface area contributed by atoms with Gasteiger partial charge >= 0.3 is 5.97 Å². The average molecular weight is 877 g/mol. The quantitative estimate of drug-likeness (QED) is 0.253. The Balaban J connectivity index is 2.22. The van der Waals surface area contributed by atoms with Gasteiger partial charge in [-0.15, -0.1) is 0 Å². The summed E-state index contributed by atoms with van der Waals surface area (Å²) in [7, 11) is 0. The van der Waals surface area contributed by atoms with Crippen molar-refractivity contribution in [3.8, 4) is 17.2 Å². The van der Waals surface area contributed by atoms with Gasteiger partial charge in [-0.25, -0.2) is 0 Å². The predicted octanol–water partition coefficient (Wildman–Crippen LogP) is 5.65. The zero-order valence-corrected chi connectivity index (χ0v) is 25.6. The van der Waals surface area contributed by atoms with E-state index in [2.05, 4.69) is 95.7 Å². The number of carboxylic acids is 1. The van der Waals surface area contributed by atoms with Gasteiger partial charge in [-0.2, -0.15) is 0 Å². The first-order valence-corrected chi connectivity index (χ1v) is 13.9. The highest BCUT2D eigenvalue weighted by Gasteiger charge is 2.19. The van der Waals surface area contributed by atoms with Crippen LogP contribution in [0.4, 0.5) is 0 Å². The second-order valence-corrected chi connectivity index (χ2v) is 11.4. The van der Waals surface area contributed by atoms with Crippen molar-refractivity contribution in [2.75, 3.05) is 13.2 Å². The summed E-state index contributed by atoms with van der Waals surface area (Å²) < 4.78 is 15.6. The van der Waals surface area contributed by atoms with E-state index in [4.69, 9.17) is 9.47 Å². The molecule has 10 heteroatoms. The minimum atomic E-state index is -0.856. The molecular weight excluding hydrogens is 854 g/mol. The lowest BCUT2D eigenvalue weighted by Crippen LogP contribution is -2.38. The summed E-state index contributed by atoms with van der Waals surface area (Å²) in [5, 5.41) is 22.1. The van der Waals surface area contributed by atoms with E-state index < -0.39 is 18.1 Å². The minimum absolute atomic E-state index is 0.254. The van der Waals surface area contributed by atoms with Crippen molar-refractivity contribution in [2.45, 2.75) is 38.8 Å². The summed E-state index contributed by atoms with van der Waals surface area (Å²) in [4.78, 5) is 11.4. The number of likely N-dealkylation sites (N-methyl/N-ethyl adjacent to an activating group) is 1. The largest absolute Gasteiger partial charge is 0.489 e. The zero-order chi connectivity index (χ0) is 23.1. The van der Waals surface area contributed by atoms with Crippen molar-refractivity contribution in [1.82, 2.24) is 5.32 Å². The summed E-state index contributed by atoms with van der Waals surface area (Å²) in [6, 6.07) is 7.12. The molecule has 0 spiro atoms. The second kappa shape index (κ2) is 13.3. The number of carbonyl (C=O) groups is 1. The molecule has 2 rings (SSSR count). The molecule has 31 heavy (non-hydrogen) atoms. The number of halogens is 4. The number of ether oxygens (including phenoxy) is 2. The highest BCUT2D eigenvalue weighted by molar-refractivity contribution is 14.1. The number of aliphatic hydroxyl groups excluding tert-OH is 1. The lowest BCUT2D eigenvalue weighted by molar-refractivity contribution is -0.139. The summed E-state index contributed by atoms with van der Waals surface area (Å²) in [6.45, 7) is 4.66. The maximum Gasteiger partial charge on any atom is 0.321 e. The summed E-state index contributed by atoms with van der Waals surface area (Å²) in [5.74, 6) is 1.31. The van der Waals surface area contributed by atoms with Crippen molar-refractivity contribution in [3.05, 3.63) is 44.1 Å². The van der Waals surface area contributed by atoms with Gasteiger partial charge in [0.05, 0.1) is 20.4 Å². The van der Waals surface area contributed by atoms with Crippen LogP contribution in [0.15, 0.2) is 24.3 Å². The molecule has 0 aliphatic rings. The predicted molar refractivity (Wildman–Crippen MR) is 154 cm³/mol. The first-order valence-electron chi connectivity index (χ1n) is 9.58. The van der Waals surface area contributed by atoms with Gasteiger partial charge in [-0.3, -0.25) is 4.79 Å². The molecule has 2 unspecified atom stereocenters. The Morgan fingerprint density at radius 1 is 1.00 bits per heavy atom. The first kappa shape index (κ1) is 27.6. The van der Waals surface area contributed by atoms with Gasteiger partial charge in [0.1, 0.15) is 24.1 Å². The number of nitrogens with one attached hydrogen (secondary N) is 1. The van der Waals surface area contributed by atoms with Gasteiger partial charge in [0.25, 0.3) is 0 Å². The van der Waals surface area contributed by atoms with E-state index in [1.807, 2.05) is 38.1 Å². The third-order valence-electron chi connectivity index (χ3n) is 4.33. The highest BCUT2D eigenvalue weighted by Crippen LogP contribution is 2.37. The Hall–Kier alpha value is 0.350. The molecule has 0 saturated heterocycles. The number of aliphatic hydroxyl groups is 1. The molecule has 2 atom stereocenters. The van der Waals surface area contributed by atoms with E-state index in [9.17, 15) is 15.0 Å². The van der Waals surface area contributed by atoms with Crippen LogP contribution in [0.2, 0.25) is 0 Å². The van der Waals surface area contributed by atoms with E-state index in [-0.39, 0.29) is 6.61 Å². The smallest absolute Gasteiger partial charge is 0.321 e. The third-order valence-corrected chi connectivity index (χ3v) is 7.53. The number of rotatable bonds is 11. The van der Waals surface area contributed by atoms with Crippen LogP contribution in [0.25, 0.3) is 0 Å². The Morgan fingerprint density at radius 3 is 2.03 bits per heavy atom. The van der Waals surface area contributed by atoms with E-state index in [0.29, 0.717) is 25.1 Å². The standard InChI is InChI=1S/C21H23I4NO5/c1-3-12(27)10-30-19-16(24)8-13(9-17(19)25)31-20-14(22)5-11(6-15(20)23)7-18(21(28)29)26-4-2/h5-6,8-9,12,18,26-27H,3-4,7,10H2,1-2H3,(H,28,29). The zero-order valence-electron chi connectivity index (χ0n) is 16.9. The topological polar surface area (TPSA) is 88.0 Å². The first-order chi connectivity index (χ1) is 14.7. The van der Waals surface area contributed by atoms with Crippen molar-refractivity contribution in [3.63, 3.8) is 0 Å². The SMILES string of the molecule is CCNC(Cc1cc(I)c(Oc2cc(I)c(OCC(O)CC)c(I)c2)c(I)c1)C(=O)O. The van der Waals surface area contributed by atoms with Gasteiger partial charge in [0.15, 0.2) is 5.75 Å². The number of carboxylic acid groups (broad SMARTS) is 1. The van der Waals surface area contributed by atoms with Crippen LogP contribution in [0.3, 0.4) is 0 Å². The Morgan fingerprint density at radius 2 is 1.55 bits per heavy atom. The van der Waals surface area contributed by atoms with Crippen molar-refractivity contribution >= 4 is 96.3 Å². The van der Waals surface area contributed by atoms with E-state index in [1.54, 1.807) is 0 Å². The van der Waals surface area contributed by atoms with Crippen molar-refractivity contribution in [1.29, 1.82) is 0 Å². The molecule has 0 bridgehead atoms. The summed E-state index contributed by atoms with van der Waals surface area (Å²) in [6.07, 6.45) is 0.557. The van der Waals surface area contributed by atoms with E-state index in [1.165, 1.54) is 0 Å². The summed E-state index contributed by atoms with van der Waals surface area (Å²) >= 11 is 8.85. The Bertz CT molecular complexity index is 879. The van der Waals surface area contributed by atoms with Crippen LogP contribution < -0.4 is 14.8 Å². The molecule has 0 fully saturated rings. The van der Waals surface area contributed by atoms with Crippen molar-refractivity contribution in [2.24, 2.45) is 0 Å². The fraction of sp³-hybridized carbons (Fsp3) is 0.381. The van der Waals surface area contributed by atoms with Crippen LogP contribution >= 0.6 is 90.4 Å². The maximum atomic E-state index is 11.4. The molecule has 0 aromatic heterocycles. The molecule has 6 nitrogen and oxygen atoms in total. The number of benzene rings is 2. The molecule has 0 radical (unpaired) electrons. The minimum Gasteiger partial charge on any atom is -0.489 e. The van der Waals surface area contributed by atoms with E-state index >= 15 is 0 Å². The average Bonchev–Trinajstić information content (AvgIpc) is 2.69. The van der Waals surface area contributed by atoms with Gasteiger partial charge in [-0.05, 0) is 140 Å². The maximum absolute atomic E-state index is 11.4. The number of hydrogen-bond acceptors (Lipinski definition) is 5. The molecule has 3 N–H and O–H groups in total. The second-order valence-electron chi connectivity index (χ2n) is 6.73. The Labute approximate surface area is 236 Å². The molecule has 170 valence electrons. The fourth-order valence-corrected chi connectivity index (χ4v) is 6.84. The van der Waals surface area contributed by atoms with Crippen LogP contribution in [0.5, 0.6) is 17.2 Å². The molecule has 0 aliphatic heterocycles. The molecule has 0 aliphatic carbocycles. The fourth-order valence-electron chi connectivity index (χ4n) is 2.71. The molecular formula is C21H23I4NO5. The molecule has 0 saturated carbocycles. The van der Waals surface area contributed by atoms with Crippen LogP contribution in [0.1, 0.15) is 25.8 Å². The normalized spacial score (nSPS) is 13.0. The van der Waals surface area contributed by atoms with Gasteiger partial charge in [0, 0.05) is 0 Å². The van der Waals surface area contributed by atoms with Crippen LogP contribution in [0, 0.1) is 14.3 Å². The van der Waals surface area contributed by atoms with Crippen LogP contribution in [-0.2, 0) is 11.2 Å². The van der Waals surface area contributed by atoms with Gasteiger partial charge < -0.3 is 25.0 Å². The molecule has 0 heterocycles. The van der Waals surface area contributed by atoms with Gasteiger partial charge in [0.2, 0.25) is 0 Å². The number of hydrogen-bond donors (Lipinski definition) is 3. The monoisotopic (exact) mass is 877 g/mol. The van der Waals surface area contributed by atoms with E-state index in [0.717, 1.165) is 31.3 Å². The van der Waals surface area contributed by atoms with Crippen LogP contribution in [-0.4, -0.2) is 41.5 Å². The van der Waals surface area contributed by atoms with Crippen molar-refractivity contribution < 1.29 is 24.5 Å². The third kappa shape index (κ3) is 8.26. The van der Waals surface area contributed by atoms with Gasteiger partial charge in [-0.1, -0.05) is 13.8 Å². The molecule has 0 amide bonds. The molecule has 2 aromatic carbocycles. The molecule has 2 aromatic rings. The summed E-state index contributed by atoms with van der Waals surface area (Å²) in [5.41, 5.74) is 0.942. The lowest BCUT2D eigenvalue weighted by Gasteiger charge is -2.17.